The van der Waals surface area contributed by atoms with Crippen molar-refractivity contribution in [2.24, 2.45) is 0 Å². The number of hydrogen-bond acceptors (Lipinski definition) is 3. The van der Waals surface area contributed by atoms with Gasteiger partial charge in [0.05, 0.1) is 12.1 Å². The Morgan fingerprint density at radius 3 is 2.50 bits per heavy atom. The predicted octanol–water partition coefficient (Wildman–Crippen LogP) is 4.99. The van der Waals surface area contributed by atoms with E-state index >= 15 is 0 Å². The van der Waals surface area contributed by atoms with Gasteiger partial charge in [-0.05, 0) is 23.6 Å². The predicted molar refractivity (Wildman–Crippen MR) is 99.3 cm³/mol. The Bertz CT molecular complexity index is 942. The zero-order valence-corrected chi connectivity index (χ0v) is 14.3. The van der Waals surface area contributed by atoms with E-state index in [9.17, 15) is 4.79 Å². The number of rotatable bonds is 3. The molecule has 0 saturated carbocycles. The van der Waals surface area contributed by atoms with Gasteiger partial charge in [0.15, 0.2) is 0 Å². The summed E-state index contributed by atoms with van der Waals surface area (Å²) < 4.78 is 5.25. The number of nitrogen functional groups attached to an aromatic ring is 1. The molecule has 0 aliphatic carbocycles. The van der Waals surface area contributed by atoms with Crippen LogP contribution in [0.25, 0.3) is 10.8 Å². The van der Waals surface area contributed by atoms with E-state index in [0.717, 1.165) is 10.8 Å². The van der Waals surface area contributed by atoms with E-state index in [2.05, 4.69) is 5.32 Å². The van der Waals surface area contributed by atoms with Crippen molar-refractivity contribution in [3.05, 3.63) is 64.1 Å². The van der Waals surface area contributed by atoms with Gasteiger partial charge in [-0.3, -0.25) is 4.79 Å². The number of methoxy groups -OCH3 is 1. The highest BCUT2D eigenvalue weighted by Crippen LogP contribution is 2.35. The fourth-order valence-corrected chi connectivity index (χ4v) is 3.04. The van der Waals surface area contributed by atoms with E-state index < -0.39 is 0 Å². The topological polar surface area (TPSA) is 64.3 Å². The fraction of sp³-hybridized carbons (Fsp3) is 0.0556. The summed E-state index contributed by atoms with van der Waals surface area (Å²) in [4.78, 5) is 12.7. The maximum Gasteiger partial charge on any atom is 0.256 e. The molecule has 3 aromatic carbocycles. The number of ether oxygens (including phenoxy) is 1. The molecule has 0 unspecified atom stereocenters. The van der Waals surface area contributed by atoms with Gasteiger partial charge >= 0.3 is 0 Å². The summed E-state index contributed by atoms with van der Waals surface area (Å²) in [5, 5.41) is 5.25. The summed E-state index contributed by atoms with van der Waals surface area (Å²) in [6, 6.07) is 14.0. The second-order valence-corrected chi connectivity index (χ2v) is 5.99. The van der Waals surface area contributed by atoms with Crippen molar-refractivity contribution in [3.63, 3.8) is 0 Å². The average molecular weight is 361 g/mol. The molecule has 3 aromatic rings. The van der Waals surface area contributed by atoms with Crippen molar-refractivity contribution in [1.29, 1.82) is 0 Å². The molecule has 122 valence electrons. The van der Waals surface area contributed by atoms with Crippen LogP contribution in [0.4, 0.5) is 11.4 Å². The Labute approximate surface area is 149 Å². The number of carbonyl (C=O) groups is 1. The van der Waals surface area contributed by atoms with Crippen LogP contribution in [0.1, 0.15) is 10.4 Å². The highest BCUT2D eigenvalue weighted by atomic mass is 35.5. The van der Waals surface area contributed by atoms with E-state index in [4.69, 9.17) is 33.7 Å². The van der Waals surface area contributed by atoms with Gasteiger partial charge in [0.1, 0.15) is 11.4 Å². The Morgan fingerprint density at radius 2 is 1.75 bits per heavy atom. The van der Waals surface area contributed by atoms with E-state index in [-0.39, 0.29) is 5.91 Å². The van der Waals surface area contributed by atoms with Gasteiger partial charge < -0.3 is 15.8 Å². The zero-order valence-electron chi connectivity index (χ0n) is 12.8. The molecule has 0 heterocycles. The molecule has 4 nitrogen and oxygen atoms in total. The van der Waals surface area contributed by atoms with Crippen molar-refractivity contribution < 1.29 is 9.53 Å². The van der Waals surface area contributed by atoms with Crippen molar-refractivity contribution in [2.45, 2.75) is 0 Å². The molecular weight excluding hydrogens is 347 g/mol. The molecule has 0 aliphatic rings. The van der Waals surface area contributed by atoms with Gasteiger partial charge in [-0.25, -0.2) is 0 Å². The standard InChI is InChI=1S/C18H14Cl2N2O2/c1-24-16-9-10(21)8-15(20)17(16)22-18(23)13-6-2-5-12-11(13)4-3-7-14(12)19/h2-9H,21H2,1H3,(H,22,23). The molecule has 0 aromatic heterocycles. The second-order valence-electron chi connectivity index (χ2n) is 5.17. The first-order valence-corrected chi connectivity index (χ1v) is 7.88. The quantitative estimate of drug-likeness (QED) is 0.646. The van der Waals surface area contributed by atoms with Gasteiger partial charge in [0.25, 0.3) is 5.91 Å². The number of carbonyl (C=O) groups excluding carboxylic acids is 1. The average Bonchev–Trinajstić information content (AvgIpc) is 2.56. The Kier molecular flexibility index (Phi) is 4.51. The number of fused-ring (bicyclic) bond motifs is 1. The summed E-state index contributed by atoms with van der Waals surface area (Å²) in [6.07, 6.45) is 0. The van der Waals surface area contributed by atoms with Crippen LogP contribution in [-0.4, -0.2) is 13.0 Å². The Balaban J connectivity index is 2.05. The van der Waals surface area contributed by atoms with Crippen molar-refractivity contribution in [1.82, 2.24) is 0 Å². The first-order valence-electron chi connectivity index (χ1n) is 7.13. The summed E-state index contributed by atoms with van der Waals surface area (Å²) >= 11 is 12.4. The van der Waals surface area contributed by atoms with Crippen LogP contribution in [0.2, 0.25) is 10.0 Å². The summed E-state index contributed by atoms with van der Waals surface area (Å²) in [6.45, 7) is 0. The van der Waals surface area contributed by atoms with Gasteiger partial charge in [0.2, 0.25) is 0 Å². The Hall–Kier alpha value is -2.43. The van der Waals surface area contributed by atoms with Crippen LogP contribution < -0.4 is 15.8 Å². The number of nitrogens with two attached hydrogens (primary N) is 1. The summed E-state index contributed by atoms with van der Waals surface area (Å²) in [5.41, 5.74) is 7.06. The molecule has 0 bridgehead atoms. The van der Waals surface area contributed by atoms with Crippen LogP contribution in [0.15, 0.2) is 48.5 Å². The molecule has 3 rings (SSSR count). The molecule has 0 spiro atoms. The lowest BCUT2D eigenvalue weighted by atomic mass is 10.0. The number of benzene rings is 3. The number of hydrogen-bond donors (Lipinski definition) is 2. The molecule has 0 radical (unpaired) electrons. The third-order valence-electron chi connectivity index (χ3n) is 3.65. The van der Waals surface area contributed by atoms with Crippen molar-refractivity contribution >= 4 is 51.3 Å². The van der Waals surface area contributed by atoms with E-state index in [1.54, 1.807) is 36.4 Å². The summed E-state index contributed by atoms with van der Waals surface area (Å²) in [5.74, 6) is 0.0828. The van der Waals surface area contributed by atoms with Crippen molar-refractivity contribution in [2.75, 3.05) is 18.2 Å². The lowest BCUT2D eigenvalue weighted by Crippen LogP contribution is -2.13. The normalized spacial score (nSPS) is 10.6. The fourth-order valence-electron chi connectivity index (χ4n) is 2.53. The van der Waals surface area contributed by atoms with Crippen LogP contribution >= 0.6 is 23.2 Å². The van der Waals surface area contributed by atoms with Crippen LogP contribution in [0.3, 0.4) is 0 Å². The van der Waals surface area contributed by atoms with E-state index in [1.165, 1.54) is 7.11 Å². The van der Waals surface area contributed by atoms with Gasteiger partial charge in [0, 0.05) is 27.7 Å². The van der Waals surface area contributed by atoms with Gasteiger partial charge in [-0.1, -0.05) is 47.5 Å². The SMILES string of the molecule is COc1cc(N)cc(Cl)c1NC(=O)c1cccc2c(Cl)cccc12. The zero-order chi connectivity index (χ0) is 17.3. The maximum absolute atomic E-state index is 12.7. The lowest BCUT2D eigenvalue weighted by Gasteiger charge is -2.14. The molecule has 0 saturated heterocycles. The molecule has 0 atom stereocenters. The van der Waals surface area contributed by atoms with Gasteiger partial charge in [-0.2, -0.15) is 0 Å². The monoisotopic (exact) mass is 360 g/mol. The number of nitrogens with one attached hydrogen (secondary N) is 1. The van der Waals surface area contributed by atoms with E-state index in [1.807, 2.05) is 12.1 Å². The van der Waals surface area contributed by atoms with E-state index in [0.29, 0.717) is 32.7 Å². The van der Waals surface area contributed by atoms with Crippen LogP contribution in [-0.2, 0) is 0 Å². The second kappa shape index (κ2) is 6.59. The maximum atomic E-state index is 12.7. The molecule has 0 fully saturated rings. The molecular formula is C18H14Cl2N2O2. The smallest absolute Gasteiger partial charge is 0.256 e. The Morgan fingerprint density at radius 1 is 1.04 bits per heavy atom. The highest BCUT2D eigenvalue weighted by molar-refractivity contribution is 6.36. The minimum absolute atomic E-state index is 0.304. The third-order valence-corrected chi connectivity index (χ3v) is 4.28. The minimum atomic E-state index is -0.312. The number of anilines is 2. The first kappa shape index (κ1) is 16.4. The molecule has 3 N–H and O–H groups in total. The van der Waals surface area contributed by atoms with Gasteiger partial charge in [-0.15, -0.1) is 0 Å². The molecule has 1 amide bonds. The highest BCUT2D eigenvalue weighted by Gasteiger charge is 2.16. The molecule has 24 heavy (non-hydrogen) atoms. The van der Waals surface area contributed by atoms with Crippen LogP contribution in [0, 0.1) is 0 Å². The van der Waals surface area contributed by atoms with Crippen molar-refractivity contribution in [3.8, 4) is 5.75 Å². The first-order chi connectivity index (χ1) is 11.5. The minimum Gasteiger partial charge on any atom is -0.494 e. The summed E-state index contributed by atoms with van der Waals surface area (Å²) in [7, 11) is 1.48. The third kappa shape index (κ3) is 2.98. The molecule has 0 aliphatic heterocycles. The lowest BCUT2D eigenvalue weighted by molar-refractivity contribution is 0.102. The largest absolute Gasteiger partial charge is 0.494 e. The number of halogens is 2. The van der Waals surface area contributed by atoms with Crippen LogP contribution in [0.5, 0.6) is 5.75 Å². The molecule has 6 heteroatoms. The number of amides is 1.